The molecule has 3 amide bonds. The number of aliphatic imine (C=N–C) groups is 1. The smallest absolute Gasteiger partial charge is 0.407 e. The number of hydrogen-bond donors (Lipinski definition) is 10. The number of ether oxygens (including phenoxy) is 4. The van der Waals surface area contributed by atoms with Crippen LogP contribution in [0.5, 0.6) is 0 Å². The number of amidine groups is 1. The monoisotopic (exact) mass is 941 g/mol. The summed E-state index contributed by atoms with van der Waals surface area (Å²) in [5.74, 6) is -3.54. The second-order valence-corrected chi connectivity index (χ2v) is 15.7. The first-order valence-corrected chi connectivity index (χ1v) is 21.1. The van der Waals surface area contributed by atoms with E-state index in [2.05, 4.69) is 41.6 Å². The predicted octanol–water partition coefficient (Wildman–Crippen LogP) is -1.39. The van der Waals surface area contributed by atoms with Gasteiger partial charge >= 0.3 is 18.5 Å². The minimum absolute atomic E-state index is 0.0781. The van der Waals surface area contributed by atoms with E-state index in [1.807, 2.05) is 0 Å². The molecule has 0 saturated heterocycles. The van der Waals surface area contributed by atoms with Crippen LogP contribution in [0, 0.1) is 5.92 Å². The maximum absolute atomic E-state index is 13.1. The van der Waals surface area contributed by atoms with Gasteiger partial charge in [-0.3, -0.25) is 24.1 Å². The number of allylic oxidation sites excluding steroid dienone is 1. The van der Waals surface area contributed by atoms with Crippen molar-refractivity contribution in [2.75, 3.05) is 18.5 Å². The highest BCUT2D eigenvalue weighted by atomic mass is 16.7. The molecule has 11 N–H and O–H groups in total. The molecule has 67 heavy (non-hydrogen) atoms. The molecule has 0 unspecified atom stereocenters. The fourth-order valence-electron chi connectivity index (χ4n) is 7.40. The normalized spacial score (nSPS) is 22.3. The molecule has 2 aliphatic heterocycles. The molecule has 2 aromatic heterocycles. The number of carboxylic acids is 1. The quantitative estimate of drug-likeness (QED) is 0.0226. The van der Waals surface area contributed by atoms with E-state index in [0.717, 1.165) is 0 Å². The van der Waals surface area contributed by atoms with Crippen molar-refractivity contribution in [2.45, 2.75) is 114 Å². The van der Waals surface area contributed by atoms with E-state index in [9.17, 15) is 54.6 Å². The summed E-state index contributed by atoms with van der Waals surface area (Å²) in [7, 11) is 0. The maximum atomic E-state index is 13.1. The number of carbonyl (C=O) groups is 5. The maximum Gasteiger partial charge on any atom is 0.407 e. The van der Waals surface area contributed by atoms with Crippen molar-refractivity contribution in [2.24, 2.45) is 16.6 Å². The van der Waals surface area contributed by atoms with Crippen molar-refractivity contribution >= 4 is 41.9 Å². The fraction of sp³-hybridized carbons (Fsp3) is 0.512. The van der Waals surface area contributed by atoms with E-state index in [-0.39, 0.29) is 37.1 Å². The average molecular weight is 942 g/mol. The number of carboxylic acid groups (broad SMARTS) is 1. The highest BCUT2D eigenvalue weighted by Crippen LogP contribution is 2.36. The van der Waals surface area contributed by atoms with Gasteiger partial charge in [-0.2, -0.15) is 0 Å². The number of aryl methyl sites for hydroxylation is 1. The number of hydrogen-bond acceptors (Lipinski definition) is 19. The summed E-state index contributed by atoms with van der Waals surface area (Å²) in [6.07, 6.45) is -2.46. The van der Waals surface area contributed by atoms with Crippen molar-refractivity contribution in [3.05, 3.63) is 66.2 Å². The molecule has 0 aliphatic carbocycles. The van der Waals surface area contributed by atoms with Crippen LogP contribution in [0.15, 0.2) is 65.5 Å². The second-order valence-electron chi connectivity index (χ2n) is 15.7. The molecule has 26 heteroatoms. The number of rotatable bonds is 23. The summed E-state index contributed by atoms with van der Waals surface area (Å²) >= 11 is 0. The molecular weight excluding hydrogens is 887 g/mol. The molecule has 0 spiro atoms. The summed E-state index contributed by atoms with van der Waals surface area (Å²) < 4.78 is 24.4. The third-order valence-electron chi connectivity index (χ3n) is 10.7. The number of anilines is 1. The number of alkyl carbamates (subject to hydrolysis) is 1. The van der Waals surface area contributed by atoms with Gasteiger partial charge in [-0.15, -0.1) is 10.2 Å². The Kier molecular flexibility index (Phi) is 18.2. The van der Waals surface area contributed by atoms with Crippen LogP contribution < -0.4 is 21.7 Å². The number of nitrogens with one attached hydrogen (secondary N) is 3. The van der Waals surface area contributed by atoms with Gasteiger partial charge in [0.25, 0.3) is 5.95 Å². The van der Waals surface area contributed by atoms with Crippen LogP contribution in [0.3, 0.4) is 0 Å². The molecule has 1 aromatic carbocycles. The zero-order valence-electron chi connectivity index (χ0n) is 36.7. The Morgan fingerprint density at radius 1 is 0.970 bits per heavy atom. The number of aliphatic carboxylic acids is 1. The average Bonchev–Trinajstić information content (AvgIpc) is 3.98. The molecule has 364 valence electrons. The molecule has 10 atom stereocenters. The van der Waals surface area contributed by atoms with Crippen LogP contribution in [-0.4, -0.2) is 159 Å². The number of aliphatic hydroxyl groups is 5. The zero-order valence-corrected chi connectivity index (χ0v) is 36.7. The lowest BCUT2D eigenvalue weighted by molar-refractivity contribution is -0.149. The molecule has 3 aromatic rings. The number of benzene rings is 1. The summed E-state index contributed by atoms with van der Waals surface area (Å²) in [5.41, 5.74) is 7.48. The first kappa shape index (κ1) is 51.0. The minimum atomic E-state index is -1.72. The second kappa shape index (κ2) is 24.0. The van der Waals surface area contributed by atoms with Crippen LogP contribution in [0.1, 0.15) is 58.2 Å². The zero-order chi connectivity index (χ0) is 48.8. The lowest BCUT2D eigenvalue weighted by atomic mass is 9.87. The molecule has 0 fully saturated rings. The van der Waals surface area contributed by atoms with Crippen LogP contribution in [0.4, 0.5) is 10.5 Å². The summed E-state index contributed by atoms with van der Waals surface area (Å²) in [4.78, 5) is 65.4. The topological polar surface area (TPSA) is 380 Å². The number of nitrogens with two attached hydrogens (primary N) is 1. The SMILES string of the molecule is CC(=O)N[C@H]1[C@H]([C@H](OC(=O)NCc2cn(CCCCCC(=O)Nc3ccccc3-c3cn([C@H]4C=C(C(=O)O)O[C@@H]([C@H](O)[C@H](O)CO)[C@@H]4C)nn3)nn2)[C@H](O)CO)OC(OC=O)=C[C@@H]1N=C(C)N. The Balaban J connectivity index is 1.11. The van der Waals surface area contributed by atoms with Crippen LogP contribution in [-0.2, 0) is 51.2 Å². The van der Waals surface area contributed by atoms with Crippen molar-refractivity contribution in [3.63, 3.8) is 0 Å². The van der Waals surface area contributed by atoms with Gasteiger partial charge in [-0.25, -0.2) is 14.3 Å². The van der Waals surface area contributed by atoms with E-state index in [4.69, 9.17) is 24.7 Å². The van der Waals surface area contributed by atoms with Gasteiger partial charge in [-0.1, -0.05) is 42.0 Å². The number of aromatic nitrogens is 6. The summed E-state index contributed by atoms with van der Waals surface area (Å²) in [6, 6.07) is 4.07. The van der Waals surface area contributed by atoms with E-state index in [0.29, 0.717) is 48.4 Å². The third kappa shape index (κ3) is 13.8. The van der Waals surface area contributed by atoms with Crippen LogP contribution in [0.2, 0.25) is 0 Å². The van der Waals surface area contributed by atoms with Crippen LogP contribution in [0.25, 0.3) is 11.3 Å². The molecule has 5 rings (SSSR count). The van der Waals surface area contributed by atoms with Gasteiger partial charge in [-0.05, 0) is 31.9 Å². The number of carbonyl (C=O) groups excluding carboxylic acids is 4. The van der Waals surface area contributed by atoms with E-state index >= 15 is 0 Å². The highest BCUT2D eigenvalue weighted by molar-refractivity contribution is 5.95. The van der Waals surface area contributed by atoms with Gasteiger partial charge in [0.1, 0.15) is 41.8 Å². The van der Waals surface area contributed by atoms with Crippen LogP contribution >= 0.6 is 0 Å². The Morgan fingerprint density at radius 3 is 2.40 bits per heavy atom. The van der Waals surface area contributed by atoms with Crippen molar-refractivity contribution in [1.82, 2.24) is 40.6 Å². The minimum Gasteiger partial charge on any atom is -0.480 e. The standard InChI is InChI=1S/C41H55N11O15/c1-21-29(14-32(40(61)62)65-37(21)36(60)30(57)18-53)52-17-28(48-50-52)25-9-6-7-10-26(25)46-33(59)11-5-4-8-12-51-16-24(47-49-51)15-43-41(63)67-38(31(58)19-54)39-35(45-23(3)56)27(44-22(2)42)13-34(66-39)64-20-55/h6-7,9-10,13-14,16-17,20-21,27,29-31,35-39,53-54,57-58,60H,4-5,8,11-12,15,18-19H2,1-3H3,(H2,42,44)(H,43,63)(H,45,56)(H,46,59)(H,61,62)/t21-,27+,29+,30-,31-,35-,36-,37-,38-,39-/m1/s1. The molecule has 26 nitrogen and oxygen atoms in total. The van der Waals surface area contributed by atoms with E-state index in [1.165, 1.54) is 30.7 Å². The van der Waals surface area contributed by atoms with Gasteiger partial charge in [0.2, 0.25) is 17.6 Å². The Hall–Kier alpha value is -7.00. The molecule has 0 radical (unpaired) electrons. The largest absolute Gasteiger partial charge is 0.480 e. The van der Waals surface area contributed by atoms with Gasteiger partial charge in [0.15, 0.2) is 12.2 Å². The number of para-hydroxylation sites is 1. The molecule has 0 saturated carbocycles. The highest BCUT2D eigenvalue weighted by Gasteiger charge is 2.46. The Labute approximate surface area is 382 Å². The number of amides is 3. The molecular formula is C41H55N11O15. The number of nitrogens with zero attached hydrogens (tertiary/aromatic N) is 7. The third-order valence-corrected chi connectivity index (χ3v) is 10.7. The molecule has 2 aliphatic rings. The summed E-state index contributed by atoms with van der Waals surface area (Å²) in [6.45, 7) is 3.07. The number of aliphatic hydroxyl groups excluding tert-OH is 5. The van der Waals surface area contributed by atoms with Gasteiger partial charge < -0.3 is 71.3 Å². The first-order valence-electron chi connectivity index (χ1n) is 21.1. The lowest BCUT2D eigenvalue weighted by Gasteiger charge is -2.39. The summed E-state index contributed by atoms with van der Waals surface area (Å²) in [5, 5.41) is 84.7. The molecule has 0 bridgehead atoms. The Morgan fingerprint density at radius 2 is 1.72 bits per heavy atom. The van der Waals surface area contributed by atoms with Gasteiger partial charge in [0, 0.05) is 37.4 Å². The Bertz CT molecular complexity index is 2280. The van der Waals surface area contributed by atoms with Crippen molar-refractivity contribution in [3.8, 4) is 11.3 Å². The molecule has 4 heterocycles. The lowest BCUT2D eigenvalue weighted by Crippen LogP contribution is -2.60. The first-order chi connectivity index (χ1) is 32.0. The van der Waals surface area contributed by atoms with Gasteiger partial charge in [0.05, 0.1) is 55.8 Å². The predicted molar refractivity (Wildman–Crippen MR) is 229 cm³/mol. The number of unbranched alkanes of at least 4 members (excludes halogenated alkanes) is 2. The van der Waals surface area contributed by atoms with Crippen molar-refractivity contribution < 1.29 is 73.6 Å². The fourth-order valence-corrected chi connectivity index (χ4v) is 7.40. The van der Waals surface area contributed by atoms with E-state index in [1.54, 1.807) is 48.3 Å². The van der Waals surface area contributed by atoms with E-state index < -0.39 is 97.6 Å². The van der Waals surface area contributed by atoms with Crippen molar-refractivity contribution in [1.29, 1.82) is 0 Å².